The number of hydrogen-bond acceptors (Lipinski definition) is 2. The Bertz CT molecular complexity index is 53.7. The molecule has 1 radical (unpaired) electrons. The maximum Gasteiger partial charge on any atom is 1.00 e. The molecule has 0 aliphatic heterocycles. The SMILES string of the molecule is C.C.C.C.C.C.[CH2-]CCOCC.[CH2-]COCC.[CH3-].[Rb+].[Y]. The molecule has 0 N–H and O–H groups in total. The molecule has 20 heavy (non-hydrogen) atoms. The Morgan fingerprint density at radius 1 is 0.750 bits per heavy atom. The predicted molar refractivity (Wildman–Crippen MR) is 95.1 cm³/mol. The van der Waals surface area contributed by atoms with E-state index in [1.54, 1.807) is 0 Å². The number of ether oxygens (including phenoxy) is 2. The zero-order valence-corrected chi connectivity index (χ0v) is 18.1. The molecule has 129 valence electrons. The second-order valence-electron chi connectivity index (χ2n) is 1.75. The quantitative estimate of drug-likeness (QED) is 0.477. The molecule has 0 fully saturated rings. The predicted octanol–water partition coefficient (Wildman–Crippen LogP) is 3.37. The smallest absolute Gasteiger partial charge is 0.414 e. The standard InChI is InChI=1S/C5H11O.C4H9O.6CH4.CH3.Rb.Y/c1-3-5-6-4-2;1-3-5-4-2;;;;;;;;;/h1,3-5H2,2H3;1,3-4H2,2H3;6*1H4;1H3;;/q2*-1;;;;;;;-1;+1;. The van der Waals surface area contributed by atoms with E-state index in [1.807, 2.05) is 13.8 Å². The van der Waals surface area contributed by atoms with E-state index in [1.165, 1.54) is 0 Å². The van der Waals surface area contributed by atoms with Crippen LogP contribution in [0.1, 0.15) is 64.8 Å². The molecule has 0 spiro atoms. The van der Waals surface area contributed by atoms with Gasteiger partial charge >= 0.3 is 58.2 Å². The Kier molecular flexibility index (Phi) is 381. The Morgan fingerprint density at radius 3 is 1.10 bits per heavy atom. The zero-order valence-electron chi connectivity index (χ0n) is 10.3. The fourth-order valence-corrected chi connectivity index (χ4v) is 0.391. The summed E-state index contributed by atoms with van der Waals surface area (Å²) in [6.45, 7) is 14.0. The van der Waals surface area contributed by atoms with E-state index in [0.29, 0.717) is 6.61 Å². The van der Waals surface area contributed by atoms with Crippen molar-refractivity contribution in [2.24, 2.45) is 0 Å². The van der Waals surface area contributed by atoms with Gasteiger partial charge in [0.25, 0.3) is 0 Å². The van der Waals surface area contributed by atoms with Gasteiger partial charge < -0.3 is 30.7 Å². The summed E-state index contributed by atoms with van der Waals surface area (Å²) < 4.78 is 9.64. The van der Waals surface area contributed by atoms with Crippen molar-refractivity contribution in [2.45, 2.75) is 64.8 Å². The summed E-state index contributed by atoms with van der Waals surface area (Å²) in [5.41, 5.74) is 0. The summed E-state index contributed by atoms with van der Waals surface area (Å²) >= 11 is 0. The number of hydrogen-bond donors (Lipinski definition) is 0. The van der Waals surface area contributed by atoms with Gasteiger partial charge in [-0.05, 0) is 13.8 Å². The first kappa shape index (κ1) is 77.7. The number of rotatable bonds is 5. The molecule has 4 heteroatoms. The van der Waals surface area contributed by atoms with Crippen LogP contribution in [0, 0.1) is 21.3 Å². The van der Waals surface area contributed by atoms with E-state index in [9.17, 15) is 0 Å². The van der Waals surface area contributed by atoms with E-state index in [0.717, 1.165) is 26.2 Å². The molecule has 0 aliphatic carbocycles. The maximum atomic E-state index is 4.92. The van der Waals surface area contributed by atoms with Crippen LogP contribution < -0.4 is 58.2 Å². The molecule has 0 saturated heterocycles. The van der Waals surface area contributed by atoms with Crippen molar-refractivity contribution in [2.75, 3.05) is 26.4 Å². The second-order valence-corrected chi connectivity index (χ2v) is 1.75. The summed E-state index contributed by atoms with van der Waals surface area (Å²) in [5, 5.41) is 0. The molecular formula is C16H47O2RbY-2. The third-order valence-corrected chi connectivity index (χ3v) is 0.841. The summed E-state index contributed by atoms with van der Waals surface area (Å²) in [6.07, 6.45) is 0.883. The van der Waals surface area contributed by atoms with E-state index >= 15 is 0 Å². The first-order chi connectivity index (χ1) is 5.33. The third-order valence-electron chi connectivity index (χ3n) is 0.841. The first-order valence-electron chi connectivity index (χ1n) is 4.07. The topological polar surface area (TPSA) is 18.5 Å². The minimum Gasteiger partial charge on any atom is -0.414 e. The van der Waals surface area contributed by atoms with E-state index in [2.05, 4.69) is 13.8 Å². The van der Waals surface area contributed by atoms with Gasteiger partial charge in [-0.3, -0.25) is 0 Å². The summed E-state index contributed by atoms with van der Waals surface area (Å²) in [4.78, 5) is 0. The van der Waals surface area contributed by atoms with Gasteiger partial charge in [-0.25, -0.2) is 0 Å². The molecule has 0 heterocycles. The molecule has 0 aliphatic rings. The van der Waals surface area contributed by atoms with E-state index < -0.39 is 0 Å². The van der Waals surface area contributed by atoms with Gasteiger partial charge in [-0.1, -0.05) is 51.2 Å². The molecule has 2 nitrogen and oxygen atoms in total. The first-order valence-corrected chi connectivity index (χ1v) is 4.07. The van der Waals surface area contributed by atoms with Crippen LogP contribution in [0.25, 0.3) is 0 Å². The van der Waals surface area contributed by atoms with Gasteiger partial charge in [0.2, 0.25) is 0 Å². The zero-order chi connectivity index (χ0) is 8.95. The van der Waals surface area contributed by atoms with Gasteiger partial charge in [-0.2, -0.15) is 6.42 Å². The van der Waals surface area contributed by atoms with Crippen molar-refractivity contribution in [1.29, 1.82) is 0 Å². The summed E-state index contributed by atoms with van der Waals surface area (Å²) in [6, 6.07) is 0. The van der Waals surface area contributed by atoms with Crippen molar-refractivity contribution < 1.29 is 100 Å². The van der Waals surface area contributed by atoms with Crippen molar-refractivity contribution in [1.82, 2.24) is 0 Å². The van der Waals surface area contributed by atoms with Gasteiger partial charge in [-0.15, -0.1) is 0 Å². The van der Waals surface area contributed by atoms with Crippen molar-refractivity contribution in [3.8, 4) is 0 Å². The fraction of sp³-hybridized carbons (Fsp3) is 0.812. The molecular weight excluding hydrogens is 399 g/mol. The molecule has 0 aromatic rings. The van der Waals surface area contributed by atoms with Crippen molar-refractivity contribution in [3.63, 3.8) is 0 Å². The second kappa shape index (κ2) is 98.0. The van der Waals surface area contributed by atoms with Crippen LogP contribution in [-0.4, -0.2) is 26.4 Å². The third kappa shape index (κ3) is 134. The molecule has 0 amide bonds. The fourth-order valence-electron chi connectivity index (χ4n) is 0.391. The summed E-state index contributed by atoms with van der Waals surface area (Å²) in [5.74, 6) is 0. The maximum absolute atomic E-state index is 4.92. The largest absolute Gasteiger partial charge is 1.00 e. The minimum absolute atomic E-state index is 0. The monoisotopic (exact) mass is 445 g/mol. The van der Waals surface area contributed by atoms with Crippen LogP contribution in [0.3, 0.4) is 0 Å². The Balaban J connectivity index is -0.00000000624. The van der Waals surface area contributed by atoms with Gasteiger partial charge in [0, 0.05) is 52.5 Å². The van der Waals surface area contributed by atoms with Crippen molar-refractivity contribution in [3.05, 3.63) is 21.3 Å². The Hall–Kier alpha value is 2.83. The molecule has 0 aromatic carbocycles. The van der Waals surface area contributed by atoms with Crippen LogP contribution >= 0.6 is 0 Å². The minimum atomic E-state index is 0. The molecule has 0 atom stereocenters. The average molecular weight is 446 g/mol. The van der Waals surface area contributed by atoms with E-state index in [4.69, 9.17) is 9.47 Å². The van der Waals surface area contributed by atoms with Crippen LogP contribution in [0.4, 0.5) is 0 Å². The van der Waals surface area contributed by atoms with Gasteiger partial charge in [0.05, 0.1) is 0 Å². The molecule has 0 rings (SSSR count). The van der Waals surface area contributed by atoms with Gasteiger partial charge in [0.1, 0.15) is 0 Å². The Labute approximate surface area is 209 Å². The molecule has 0 unspecified atom stereocenters. The van der Waals surface area contributed by atoms with Gasteiger partial charge in [0.15, 0.2) is 0 Å². The summed E-state index contributed by atoms with van der Waals surface area (Å²) in [7, 11) is 0. The molecule has 0 aromatic heterocycles. The van der Waals surface area contributed by atoms with Crippen molar-refractivity contribution >= 4 is 0 Å². The molecule has 0 saturated carbocycles. The Morgan fingerprint density at radius 2 is 1.05 bits per heavy atom. The van der Waals surface area contributed by atoms with Crippen LogP contribution in [-0.2, 0) is 42.2 Å². The van der Waals surface area contributed by atoms with E-state index in [-0.39, 0.29) is 143 Å². The normalized spacial score (nSPS) is 4.80. The van der Waals surface area contributed by atoms with Crippen LogP contribution in [0.2, 0.25) is 0 Å². The average Bonchev–Trinajstić information content (AvgIpc) is 2.04. The molecule has 0 bridgehead atoms. The van der Waals surface area contributed by atoms with Crippen LogP contribution in [0.5, 0.6) is 0 Å². The van der Waals surface area contributed by atoms with Crippen LogP contribution in [0.15, 0.2) is 0 Å².